The van der Waals surface area contributed by atoms with Gasteiger partial charge in [-0.2, -0.15) is 0 Å². The third-order valence-corrected chi connectivity index (χ3v) is 4.49. The van der Waals surface area contributed by atoms with Crippen molar-refractivity contribution < 1.29 is 13.2 Å². The van der Waals surface area contributed by atoms with Crippen LogP contribution in [-0.4, -0.2) is 27.9 Å². The zero-order chi connectivity index (χ0) is 15.3. The minimum Gasteiger partial charge on any atom is -0.330 e. The van der Waals surface area contributed by atoms with E-state index in [4.69, 9.17) is 5.73 Å². The van der Waals surface area contributed by atoms with Crippen molar-refractivity contribution >= 4 is 21.6 Å². The van der Waals surface area contributed by atoms with Gasteiger partial charge in [-0.3, -0.25) is 4.79 Å². The molecule has 112 valence electrons. The Balaban J connectivity index is 2.95. The number of nitrogens with one attached hydrogen (secondary N) is 2. The first-order valence-electron chi connectivity index (χ1n) is 6.36. The monoisotopic (exact) mass is 299 g/mol. The molecule has 20 heavy (non-hydrogen) atoms. The van der Waals surface area contributed by atoms with Crippen LogP contribution >= 0.6 is 0 Å². The average Bonchev–Trinajstić information content (AvgIpc) is 2.39. The van der Waals surface area contributed by atoms with E-state index in [-0.39, 0.29) is 29.2 Å². The van der Waals surface area contributed by atoms with Crippen LogP contribution < -0.4 is 15.8 Å². The number of hydrogen-bond donors (Lipinski definition) is 3. The molecule has 1 atom stereocenters. The van der Waals surface area contributed by atoms with E-state index in [0.717, 1.165) is 0 Å². The minimum atomic E-state index is -3.52. The van der Waals surface area contributed by atoms with Crippen molar-refractivity contribution in [3.8, 4) is 0 Å². The molecule has 1 aromatic rings. The molecule has 0 fully saturated rings. The van der Waals surface area contributed by atoms with Crippen molar-refractivity contribution in [1.82, 2.24) is 4.72 Å². The minimum absolute atomic E-state index is 0.103. The summed E-state index contributed by atoms with van der Waals surface area (Å²) in [6.07, 6.45) is 0. The van der Waals surface area contributed by atoms with Crippen LogP contribution in [0.5, 0.6) is 0 Å². The molecule has 0 saturated heterocycles. The van der Waals surface area contributed by atoms with Gasteiger partial charge in [0.1, 0.15) is 0 Å². The number of carbonyl (C=O) groups excluding carboxylic acids is 1. The lowest BCUT2D eigenvalue weighted by Gasteiger charge is -2.18. The summed E-state index contributed by atoms with van der Waals surface area (Å²) in [7, 11) is -2.19. The van der Waals surface area contributed by atoms with Crippen LogP contribution in [0, 0.1) is 11.8 Å². The summed E-state index contributed by atoms with van der Waals surface area (Å²) in [4.78, 5) is 12.2. The highest BCUT2D eigenvalue weighted by atomic mass is 32.2. The van der Waals surface area contributed by atoms with E-state index in [2.05, 4.69) is 10.0 Å². The molecule has 1 aromatic carbocycles. The van der Waals surface area contributed by atoms with Crippen LogP contribution in [0.3, 0.4) is 0 Å². The lowest BCUT2D eigenvalue weighted by atomic mass is 9.95. The van der Waals surface area contributed by atoms with E-state index in [0.29, 0.717) is 5.69 Å². The fraction of sp³-hybridized carbons (Fsp3) is 0.462. The van der Waals surface area contributed by atoms with Gasteiger partial charge in [0.2, 0.25) is 15.9 Å². The molecule has 0 radical (unpaired) electrons. The third-order valence-electron chi connectivity index (χ3n) is 3.08. The number of sulfonamides is 1. The maximum absolute atomic E-state index is 12.1. The Morgan fingerprint density at radius 1 is 1.35 bits per heavy atom. The first-order valence-corrected chi connectivity index (χ1v) is 7.84. The maximum Gasteiger partial charge on any atom is 0.240 e. The Morgan fingerprint density at radius 2 is 2.00 bits per heavy atom. The highest BCUT2D eigenvalue weighted by Gasteiger charge is 2.21. The van der Waals surface area contributed by atoms with Crippen molar-refractivity contribution in [2.24, 2.45) is 17.6 Å². The number of carbonyl (C=O) groups is 1. The first-order chi connectivity index (χ1) is 9.31. The van der Waals surface area contributed by atoms with Gasteiger partial charge in [0, 0.05) is 12.2 Å². The van der Waals surface area contributed by atoms with E-state index < -0.39 is 10.0 Å². The quantitative estimate of drug-likeness (QED) is 0.722. The van der Waals surface area contributed by atoms with Crippen LogP contribution in [-0.2, 0) is 14.8 Å². The lowest BCUT2D eigenvalue weighted by molar-refractivity contribution is -0.120. The molecule has 0 saturated carbocycles. The van der Waals surface area contributed by atoms with E-state index in [1.165, 1.54) is 19.2 Å². The summed E-state index contributed by atoms with van der Waals surface area (Å²) in [6, 6.07) is 6.09. The molecule has 1 rings (SSSR count). The van der Waals surface area contributed by atoms with Gasteiger partial charge in [0.05, 0.1) is 10.8 Å². The second kappa shape index (κ2) is 6.83. The van der Waals surface area contributed by atoms with Crippen molar-refractivity contribution in [3.05, 3.63) is 24.3 Å². The van der Waals surface area contributed by atoms with E-state index in [1.807, 2.05) is 13.8 Å². The summed E-state index contributed by atoms with van der Waals surface area (Å²) in [6.45, 7) is 4.08. The maximum atomic E-state index is 12.1. The molecule has 7 heteroatoms. The first kappa shape index (κ1) is 16.6. The van der Waals surface area contributed by atoms with Crippen LogP contribution in [0.1, 0.15) is 13.8 Å². The Morgan fingerprint density at radius 3 is 2.50 bits per heavy atom. The van der Waals surface area contributed by atoms with Crippen LogP contribution in [0.2, 0.25) is 0 Å². The number of benzene rings is 1. The highest BCUT2D eigenvalue weighted by Crippen LogP contribution is 2.17. The summed E-state index contributed by atoms with van der Waals surface area (Å²) in [5.41, 5.74) is 6.02. The summed E-state index contributed by atoms with van der Waals surface area (Å²) in [5.74, 6) is -0.398. The van der Waals surface area contributed by atoms with Crippen LogP contribution in [0.15, 0.2) is 29.2 Å². The zero-order valence-corrected chi connectivity index (χ0v) is 12.7. The lowest BCUT2D eigenvalue weighted by Crippen LogP contribution is -2.33. The van der Waals surface area contributed by atoms with Gasteiger partial charge in [-0.15, -0.1) is 0 Å². The fourth-order valence-electron chi connectivity index (χ4n) is 1.78. The topological polar surface area (TPSA) is 101 Å². The molecular weight excluding hydrogens is 278 g/mol. The smallest absolute Gasteiger partial charge is 0.240 e. The molecule has 1 amide bonds. The molecule has 0 aliphatic rings. The van der Waals surface area contributed by atoms with Crippen molar-refractivity contribution in [2.75, 3.05) is 18.9 Å². The summed E-state index contributed by atoms with van der Waals surface area (Å²) in [5, 5.41) is 2.70. The van der Waals surface area contributed by atoms with Gasteiger partial charge in [-0.1, -0.05) is 19.9 Å². The third kappa shape index (κ3) is 4.03. The van der Waals surface area contributed by atoms with Gasteiger partial charge in [0.25, 0.3) is 0 Å². The molecule has 4 N–H and O–H groups in total. The van der Waals surface area contributed by atoms with E-state index in [1.54, 1.807) is 12.1 Å². The molecule has 0 heterocycles. The largest absolute Gasteiger partial charge is 0.330 e. The molecule has 0 aliphatic carbocycles. The number of anilines is 1. The molecule has 0 bridgehead atoms. The van der Waals surface area contributed by atoms with Crippen LogP contribution in [0.25, 0.3) is 0 Å². The Labute approximate surface area is 119 Å². The normalized spacial score (nSPS) is 13.2. The predicted octanol–water partition coefficient (Wildman–Crippen LogP) is 0.764. The predicted molar refractivity (Wildman–Crippen MR) is 78.7 cm³/mol. The van der Waals surface area contributed by atoms with Gasteiger partial charge in [-0.05, 0) is 31.2 Å². The second-order valence-electron chi connectivity index (χ2n) is 4.81. The highest BCUT2D eigenvalue weighted by molar-refractivity contribution is 7.89. The Hall–Kier alpha value is -1.44. The van der Waals surface area contributed by atoms with Crippen molar-refractivity contribution in [2.45, 2.75) is 18.7 Å². The van der Waals surface area contributed by atoms with Gasteiger partial charge in [-0.25, -0.2) is 13.1 Å². The SMILES string of the molecule is CNS(=O)(=O)c1cccc(NC(=O)C(CN)C(C)C)c1. The molecule has 0 aliphatic heterocycles. The zero-order valence-electron chi connectivity index (χ0n) is 11.9. The summed E-state index contributed by atoms with van der Waals surface area (Å²) < 4.78 is 25.6. The summed E-state index contributed by atoms with van der Waals surface area (Å²) >= 11 is 0. The Bertz CT molecular complexity index is 570. The van der Waals surface area contributed by atoms with E-state index in [9.17, 15) is 13.2 Å². The van der Waals surface area contributed by atoms with Crippen molar-refractivity contribution in [1.29, 1.82) is 0 Å². The molecule has 6 nitrogen and oxygen atoms in total. The van der Waals surface area contributed by atoms with Gasteiger partial charge >= 0.3 is 0 Å². The standard InChI is InChI=1S/C13H21N3O3S/c1-9(2)12(8-14)13(17)16-10-5-4-6-11(7-10)20(18,19)15-3/h4-7,9,12,15H,8,14H2,1-3H3,(H,16,17). The number of nitrogens with two attached hydrogens (primary N) is 1. The Kier molecular flexibility index (Phi) is 5.67. The molecule has 0 spiro atoms. The molecule has 0 aromatic heterocycles. The van der Waals surface area contributed by atoms with Crippen LogP contribution in [0.4, 0.5) is 5.69 Å². The molecule has 1 unspecified atom stereocenters. The molecular formula is C13H21N3O3S. The van der Waals surface area contributed by atoms with Gasteiger partial charge < -0.3 is 11.1 Å². The van der Waals surface area contributed by atoms with E-state index >= 15 is 0 Å². The van der Waals surface area contributed by atoms with Gasteiger partial charge in [0.15, 0.2) is 0 Å². The number of rotatable bonds is 6. The fourth-order valence-corrected chi connectivity index (χ4v) is 2.55. The second-order valence-corrected chi connectivity index (χ2v) is 6.70. The van der Waals surface area contributed by atoms with Crippen molar-refractivity contribution in [3.63, 3.8) is 0 Å². The number of hydrogen-bond acceptors (Lipinski definition) is 4. The number of amides is 1. The average molecular weight is 299 g/mol.